The summed E-state index contributed by atoms with van der Waals surface area (Å²) in [5.41, 5.74) is 4.89. The summed E-state index contributed by atoms with van der Waals surface area (Å²) in [5.74, 6) is 0. The van der Waals surface area contributed by atoms with Gasteiger partial charge in [0, 0.05) is 11.8 Å². The third-order valence-corrected chi connectivity index (χ3v) is 1.18. The Bertz CT molecular complexity index is 91.1. The van der Waals surface area contributed by atoms with E-state index in [4.69, 9.17) is 11.1 Å². The second kappa shape index (κ2) is 3.56. The van der Waals surface area contributed by atoms with Crippen molar-refractivity contribution in [3.05, 3.63) is 0 Å². The van der Waals surface area contributed by atoms with Crippen LogP contribution >= 0.6 is 0 Å². The third kappa shape index (κ3) is 4.09. The highest BCUT2D eigenvalue weighted by Crippen LogP contribution is 2.04. The van der Waals surface area contributed by atoms with Crippen LogP contribution in [0, 0.1) is 5.41 Å². The maximum Gasteiger partial charge on any atom is 0.0895 e. The van der Waals surface area contributed by atoms with Crippen molar-refractivity contribution in [2.45, 2.75) is 25.3 Å². The van der Waals surface area contributed by atoms with Crippen LogP contribution in [0.2, 0.25) is 0 Å². The minimum Gasteiger partial charge on any atom is -0.321 e. The van der Waals surface area contributed by atoms with Gasteiger partial charge in [-0.25, -0.2) is 0 Å². The van der Waals surface area contributed by atoms with Gasteiger partial charge in [-0.2, -0.15) is 0 Å². The highest BCUT2D eigenvalue weighted by molar-refractivity contribution is 5.65. The largest absolute Gasteiger partial charge is 0.321 e. The number of nitrogens with two attached hydrogens (primary N) is 1. The van der Waals surface area contributed by atoms with Crippen LogP contribution in [0.3, 0.4) is 0 Å². The molecule has 0 amide bonds. The van der Waals surface area contributed by atoms with Crippen molar-refractivity contribution in [2.24, 2.45) is 5.73 Å². The van der Waals surface area contributed by atoms with E-state index in [-0.39, 0.29) is 6.67 Å². The van der Waals surface area contributed by atoms with Gasteiger partial charge in [0.05, 0.1) is 6.67 Å². The molecule has 1 atom stereocenters. The molecule has 0 aromatic heterocycles. The molecule has 0 aliphatic rings. The number of hydrogen-bond acceptors (Lipinski definition) is 2. The number of alkyl halides is 1. The fourth-order valence-electron chi connectivity index (χ4n) is 0.520. The van der Waals surface area contributed by atoms with Gasteiger partial charge >= 0.3 is 0 Å². The SMILES string of the molecule is CC(N)(C=N)CCCF. The molecule has 0 fully saturated rings. The van der Waals surface area contributed by atoms with Crippen molar-refractivity contribution in [2.75, 3.05) is 6.67 Å². The predicted octanol–water partition coefficient (Wildman–Crippen LogP) is 1.10. The zero-order chi connectivity index (χ0) is 7.33. The van der Waals surface area contributed by atoms with Crippen molar-refractivity contribution in [3.8, 4) is 0 Å². The van der Waals surface area contributed by atoms with E-state index in [1.807, 2.05) is 0 Å². The van der Waals surface area contributed by atoms with E-state index in [1.54, 1.807) is 6.92 Å². The van der Waals surface area contributed by atoms with Crippen molar-refractivity contribution < 1.29 is 4.39 Å². The molecule has 0 aliphatic carbocycles. The number of rotatable bonds is 4. The molecule has 54 valence electrons. The molecule has 0 saturated carbocycles. The topological polar surface area (TPSA) is 49.9 Å². The monoisotopic (exact) mass is 132 g/mol. The van der Waals surface area contributed by atoms with Gasteiger partial charge < -0.3 is 11.1 Å². The molecule has 0 heterocycles. The first kappa shape index (κ1) is 8.56. The molecule has 0 radical (unpaired) electrons. The maximum absolute atomic E-state index is 11.5. The van der Waals surface area contributed by atoms with Crippen LogP contribution in [0.4, 0.5) is 4.39 Å². The number of hydrogen-bond donors (Lipinski definition) is 2. The van der Waals surface area contributed by atoms with Gasteiger partial charge in [-0.3, -0.25) is 4.39 Å². The Balaban J connectivity index is 3.45. The van der Waals surface area contributed by atoms with Gasteiger partial charge in [0.1, 0.15) is 0 Å². The summed E-state index contributed by atoms with van der Waals surface area (Å²) in [6.45, 7) is 1.37. The van der Waals surface area contributed by atoms with Crippen LogP contribution in [0.15, 0.2) is 0 Å². The Morgan fingerprint density at radius 2 is 2.33 bits per heavy atom. The van der Waals surface area contributed by atoms with Gasteiger partial charge in [-0.05, 0) is 19.8 Å². The van der Waals surface area contributed by atoms with E-state index < -0.39 is 5.54 Å². The standard InChI is InChI=1S/C6H13FN2/c1-6(9,5-8)3-2-4-7/h5,8H,2-4,9H2,1H3. The molecule has 0 aromatic rings. The van der Waals surface area contributed by atoms with E-state index in [2.05, 4.69) is 0 Å². The molecular weight excluding hydrogens is 119 g/mol. The Hall–Kier alpha value is -0.440. The highest BCUT2D eigenvalue weighted by atomic mass is 19.1. The van der Waals surface area contributed by atoms with E-state index in [0.29, 0.717) is 12.8 Å². The Kier molecular flexibility index (Phi) is 3.39. The molecule has 1 unspecified atom stereocenters. The zero-order valence-corrected chi connectivity index (χ0v) is 5.65. The van der Waals surface area contributed by atoms with Crippen LogP contribution in [-0.4, -0.2) is 18.4 Å². The molecule has 0 rings (SSSR count). The van der Waals surface area contributed by atoms with Gasteiger partial charge in [-0.15, -0.1) is 0 Å². The van der Waals surface area contributed by atoms with E-state index in [1.165, 1.54) is 0 Å². The summed E-state index contributed by atoms with van der Waals surface area (Å²) < 4.78 is 11.5. The summed E-state index contributed by atoms with van der Waals surface area (Å²) >= 11 is 0. The molecule has 3 N–H and O–H groups in total. The normalized spacial score (nSPS) is 16.8. The minimum atomic E-state index is -0.605. The smallest absolute Gasteiger partial charge is 0.0895 e. The number of halogens is 1. The second-order valence-corrected chi connectivity index (χ2v) is 2.44. The van der Waals surface area contributed by atoms with Gasteiger partial charge in [-0.1, -0.05) is 0 Å². The average molecular weight is 132 g/mol. The second-order valence-electron chi connectivity index (χ2n) is 2.44. The molecule has 0 aromatic carbocycles. The van der Waals surface area contributed by atoms with Crippen LogP contribution in [0.1, 0.15) is 19.8 Å². The first-order valence-corrected chi connectivity index (χ1v) is 2.99. The minimum absolute atomic E-state index is 0.347. The van der Waals surface area contributed by atoms with E-state index in [0.717, 1.165) is 6.21 Å². The average Bonchev–Trinajstić information content (AvgIpc) is 1.84. The van der Waals surface area contributed by atoms with Crippen molar-refractivity contribution in [3.63, 3.8) is 0 Å². The van der Waals surface area contributed by atoms with Crippen LogP contribution < -0.4 is 5.73 Å². The van der Waals surface area contributed by atoms with Crippen LogP contribution in [0.5, 0.6) is 0 Å². The van der Waals surface area contributed by atoms with Crippen molar-refractivity contribution >= 4 is 6.21 Å². The van der Waals surface area contributed by atoms with E-state index in [9.17, 15) is 4.39 Å². The molecule has 0 bridgehead atoms. The molecule has 0 aliphatic heterocycles. The van der Waals surface area contributed by atoms with Crippen LogP contribution in [0.25, 0.3) is 0 Å². The maximum atomic E-state index is 11.5. The summed E-state index contributed by atoms with van der Waals surface area (Å²) in [6.07, 6.45) is 2.15. The quantitative estimate of drug-likeness (QED) is 0.553. The fraction of sp³-hybridized carbons (Fsp3) is 0.833. The van der Waals surface area contributed by atoms with Gasteiger partial charge in [0.2, 0.25) is 0 Å². The lowest BCUT2D eigenvalue weighted by atomic mass is 10.00. The lowest BCUT2D eigenvalue weighted by Crippen LogP contribution is -2.37. The lowest BCUT2D eigenvalue weighted by molar-refractivity contribution is 0.429. The zero-order valence-electron chi connectivity index (χ0n) is 5.65. The summed E-state index contributed by atoms with van der Waals surface area (Å²) in [7, 11) is 0. The van der Waals surface area contributed by atoms with Gasteiger partial charge in [0.25, 0.3) is 0 Å². The predicted molar refractivity (Wildman–Crippen MR) is 36.6 cm³/mol. The molecular formula is C6H13FN2. The Labute approximate surface area is 54.8 Å². The molecule has 0 spiro atoms. The summed E-state index contributed by atoms with van der Waals surface area (Å²) in [4.78, 5) is 0. The first-order valence-electron chi connectivity index (χ1n) is 2.99. The third-order valence-electron chi connectivity index (χ3n) is 1.18. The van der Waals surface area contributed by atoms with E-state index >= 15 is 0 Å². The van der Waals surface area contributed by atoms with Gasteiger partial charge in [0.15, 0.2) is 0 Å². The van der Waals surface area contributed by atoms with Crippen molar-refractivity contribution in [1.82, 2.24) is 0 Å². The highest BCUT2D eigenvalue weighted by Gasteiger charge is 2.12. The molecule has 2 nitrogen and oxygen atoms in total. The summed E-state index contributed by atoms with van der Waals surface area (Å²) in [6, 6.07) is 0. The van der Waals surface area contributed by atoms with Crippen molar-refractivity contribution in [1.29, 1.82) is 5.41 Å². The van der Waals surface area contributed by atoms with Crippen LogP contribution in [-0.2, 0) is 0 Å². The fourth-order valence-corrected chi connectivity index (χ4v) is 0.520. The molecule has 3 heteroatoms. The molecule has 0 saturated heterocycles. The number of nitrogens with one attached hydrogen (secondary N) is 1. The molecule has 9 heavy (non-hydrogen) atoms. The first-order chi connectivity index (χ1) is 4.12. The summed E-state index contributed by atoms with van der Waals surface area (Å²) in [5, 5.41) is 6.81. The lowest BCUT2D eigenvalue weighted by Gasteiger charge is -2.16. The Morgan fingerprint density at radius 1 is 1.78 bits per heavy atom. The Morgan fingerprint density at radius 3 is 2.67 bits per heavy atom.